The fraction of sp³-hybridized carbons (Fsp3) is 0.405. The third kappa shape index (κ3) is 14.2. The number of fused-ring (bicyclic) bond motifs is 6. The second kappa shape index (κ2) is 30.8. The lowest BCUT2D eigenvalue weighted by molar-refractivity contribution is 0.394. The number of unbranched alkanes of at least 4 members (excludes halogenated alkanes) is 20. The third-order valence-corrected chi connectivity index (χ3v) is 20.1. The van der Waals surface area contributed by atoms with Gasteiger partial charge >= 0.3 is 0 Å². The molecule has 0 unspecified atom stereocenters. The van der Waals surface area contributed by atoms with Crippen LogP contribution in [0.2, 0.25) is 0 Å². The molecule has 0 saturated carbocycles. The molecule has 0 amide bonds. The van der Waals surface area contributed by atoms with Crippen LogP contribution in [0.3, 0.4) is 0 Å². The lowest BCUT2D eigenvalue weighted by atomic mass is 9.68. The summed E-state index contributed by atoms with van der Waals surface area (Å²) >= 11 is 0. The largest absolute Gasteiger partial charge is 0.255 e. The minimum absolute atomic E-state index is 0.0666. The van der Waals surface area contributed by atoms with E-state index in [0.717, 1.165) is 33.9 Å². The van der Waals surface area contributed by atoms with E-state index in [9.17, 15) is 0 Å². The van der Waals surface area contributed by atoms with Crippen LogP contribution in [0.4, 0.5) is 0 Å². The van der Waals surface area contributed by atoms with Crippen LogP contribution in [0.1, 0.15) is 230 Å². The Hall–Kier alpha value is -7.30. The first-order valence-electron chi connectivity index (χ1n) is 34.9. The monoisotopic (exact) mass is 1160 g/mol. The molecule has 454 valence electrons. The average Bonchev–Trinajstić information content (AvgIpc) is 1.55. The van der Waals surface area contributed by atoms with Crippen molar-refractivity contribution in [3.05, 3.63) is 205 Å². The Morgan fingerprint density at radius 1 is 0.227 bits per heavy atom. The summed E-state index contributed by atoms with van der Waals surface area (Å²) < 4.78 is 0. The number of nitrogens with zero attached hydrogens (tertiary/aromatic N) is 4. The molecule has 9 aromatic rings. The van der Waals surface area contributed by atoms with Crippen molar-refractivity contribution in [3.8, 4) is 89.5 Å². The van der Waals surface area contributed by atoms with Crippen molar-refractivity contribution >= 4 is 0 Å². The summed E-state index contributed by atoms with van der Waals surface area (Å²) in [5.74, 6) is 0. The van der Waals surface area contributed by atoms with Gasteiger partial charge in [-0.15, -0.1) is 0 Å². The summed E-state index contributed by atoms with van der Waals surface area (Å²) in [5, 5.41) is 0. The van der Waals surface area contributed by atoms with Crippen molar-refractivity contribution in [2.45, 2.75) is 218 Å². The molecule has 0 fully saturated rings. The molecule has 0 N–H and O–H groups in total. The predicted octanol–water partition coefficient (Wildman–Crippen LogP) is 24.8. The maximum Gasteiger partial charge on any atom is 0.0892 e. The first-order valence-corrected chi connectivity index (χ1v) is 34.9. The van der Waals surface area contributed by atoms with Crippen molar-refractivity contribution in [3.63, 3.8) is 0 Å². The lowest BCUT2D eigenvalue weighted by Crippen LogP contribution is -2.27. The number of hydrogen-bond donors (Lipinski definition) is 0. The van der Waals surface area contributed by atoms with Crippen LogP contribution in [-0.2, 0) is 10.8 Å². The van der Waals surface area contributed by atoms with E-state index < -0.39 is 0 Å². The minimum Gasteiger partial charge on any atom is -0.255 e. The molecule has 88 heavy (non-hydrogen) atoms. The van der Waals surface area contributed by atoms with Crippen LogP contribution < -0.4 is 0 Å². The molecule has 5 aromatic carbocycles. The predicted molar refractivity (Wildman–Crippen MR) is 375 cm³/mol. The van der Waals surface area contributed by atoms with Gasteiger partial charge < -0.3 is 0 Å². The van der Waals surface area contributed by atoms with E-state index in [2.05, 4.69) is 159 Å². The van der Waals surface area contributed by atoms with Gasteiger partial charge in [0.25, 0.3) is 0 Å². The van der Waals surface area contributed by atoms with Crippen LogP contribution in [-0.4, -0.2) is 19.9 Å². The highest BCUT2D eigenvalue weighted by atomic mass is 14.8. The molecule has 0 bridgehead atoms. The van der Waals surface area contributed by atoms with Crippen molar-refractivity contribution < 1.29 is 0 Å². The lowest BCUT2D eigenvalue weighted by Gasteiger charge is -2.35. The van der Waals surface area contributed by atoms with Gasteiger partial charge in [-0.1, -0.05) is 267 Å². The summed E-state index contributed by atoms with van der Waals surface area (Å²) in [6.07, 6.45) is 43.6. The highest BCUT2D eigenvalue weighted by Gasteiger charge is 2.48. The Balaban J connectivity index is 1.02. The molecule has 4 heterocycles. The van der Waals surface area contributed by atoms with E-state index >= 15 is 0 Å². The molecule has 4 heteroatoms. The first kappa shape index (κ1) is 62.3. The maximum absolute atomic E-state index is 4.70. The number of hydrogen-bond acceptors (Lipinski definition) is 4. The molecule has 0 saturated heterocycles. The van der Waals surface area contributed by atoms with Gasteiger partial charge in [0.1, 0.15) is 0 Å². The van der Waals surface area contributed by atoms with Crippen LogP contribution in [0.15, 0.2) is 183 Å². The second-order valence-electron chi connectivity index (χ2n) is 26.1. The smallest absolute Gasteiger partial charge is 0.0892 e. The number of benzene rings is 5. The fourth-order valence-corrected chi connectivity index (χ4v) is 15.2. The zero-order valence-electron chi connectivity index (χ0n) is 53.9. The highest BCUT2D eigenvalue weighted by molar-refractivity contribution is 5.92. The number of aromatic nitrogens is 4. The van der Waals surface area contributed by atoms with Crippen LogP contribution in [0.25, 0.3) is 89.5 Å². The van der Waals surface area contributed by atoms with Gasteiger partial charge in [0, 0.05) is 35.6 Å². The maximum atomic E-state index is 4.70. The van der Waals surface area contributed by atoms with E-state index in [1.165, 1.54) is 235 Å². The molecule has 2 aliphatic carbocycles. The Bertz CT molecular complexity index is 3360. The van der Waals surface area contributed by atoms with E-state index in [0.29, 0.717) is 0 Å². The van der Waals surface area contributed by atoms with Gasteiger partial charge in [0.05, 0.1) is 22.8 Å². The minimum atomic E-state index is -0.0666. The summed E-state index contributed by atoms with van der Waals surface area (Å²) in [7, 11) is 0. The Kier molecular flexibility index (Phi) is 21.8. The highest BCUT2D eigenvalue weighted by Crippen LogP contribution is 2.62. The fourth-order valence-electron chi connectivity index (χ4n) is 15.2. The Morgan fingerprint density at radius 2 is 0.511 bits per heavy atom. The average molecular weight is 1160 g/mol. The quantitative estimate of drug-likeness (QED) is 0.0377. The molecule has 0 spiro atoms. The third-order valence-electron chi connectivity index (χ3n) is 20.1. The van der Waals surface area contributed by atoms with E-state index in [-0.39, 0.29) is 10.8 Å². The zero-order valence-corrected chi connectivity index (χ0v) is 53.9. The van der Waals surface area contributed by atoms with Crippen LogP contribution >= 0.6 is 0 Å². The number of pyridine rings is 4. The molecule has 4 aromatic heterocycles. The molecular weight excluding hydrogens is 1060 g/mol. The summed E-state index contributed by atoms with van der Waals surface area (Å²) in [6, 6.07) is 60.4. The second-order valence-corrected chi connectivity index (χ2v) is 26.1. The summed E-state index contributed by atoms with van der Waals surface area (Å²) in [6.45, 7) is 9.39. The van der Waals surface area contributed by atoms with Gasteiger partial charge in [-0.2, -0.15) is 0 Å². The van der Waals surface area contributed by atoms with Crippen molar-refractivity contribution in [2.24, 2.45) is 0 Å². The number of rotatable bonds is 34. The van der Waals surface area contributed by atoms with Crippen molar-refractivity contribution in [1.29, 1.82) is 0 Å². The Labute approximate surface area is 529 Å². The van der Waals surface area contributed by atoms with Crippen molar-refractivity contribution in [1.82, 2.24) is 19.9 Å². The Morgan fingerprint density at radius 3 is 0.830 bits per heavy atom. The first-order chi connectivity index (χ1) is 43.5. The summed E-state index contributed by atoms with van der Waals surface area (Å²) in [5.41, 5.74) is 25.8. The molecule has 0 atom stereocenters. The standard InChI is InChI=1S/C84H98N4/c1-5-9-13-17-21-27-49-83(50-28-22-18-14-10-6-2)75-57-67(63-35-39-65(40-36-63)69-47-55-87-81(59-69)79-33-25-31-53-85-79)43-45-71(75)73-62-78-74(61-77(73)83)72-46-44-68(58-76(72)84(78,51-29-23-19-15-11-7-3)52-30-24-20-16-12-8-4)64-37-41-66(42-38-64)70-48-56-88-82(60-70)80-34-26-32-54-86-80/h25-26,31-48,53-62H,5-24,27-30,49-52H2,1-4H3. The molecule has 0 aliphatic heterocycles. The van der Waals surface area contributed by atoms with Crippen LogP contribution in [0, 0.1) is 0 Å². The van der Waals surface area contributed by atoms with E-state index in [1.54, 1.807) is 22.3 Å². The van der Waals surface area contributed by atoms with Gasteiger partial charge in [-0.25, -0.2) is 0 Å². The van der Waals surface area contributed by atoms with Gasteiger partial charge in [0.15, 0.2) is 0 Å². The van der Waals surface area contributed by atoms with Crippen LogP contribution in [0.5, 0.6) is 0 Å². The van der Waals surface area contributed by atoms with E-state index in [1.807, 2.05) is 61.2 Å². The summed E-state index contributed by atoms with van der Waals surface area (Å²) in [4.78, 5) is 18.6. The zero-order chi connectivity index (χ0) is 60.4. The van der Waals surface area contributed by atoms with Gasteiger partial charge in [-0.05, 0) is 187 Å². The van der Waals surface area contributed by atoms with E-state index in [4.69, 9.17) is 9.97 Å². The molecular formula is C84H98N4. The molecule has 4 nitrogen and oxygen atoms in total. The molecule has 11 rings (SSSR count). The molecule has 2 aliphatic rings. The normalized spacial score (nSPS) is 13.3. The van der Waals surface area contributed by atoms with Crippen molar-refractivity contribution in [2.75, 3.05) is 0 Å². The molecule has 0 radical (unpaired) electrons. The SMILES string of the molecule is CCCCCCCCC1(CCCCCCCC)c2cc(-c3ccc(-c4ccnc(-c5ccccn5)c4)cc3)ccc2-c2cc3c(cc21)-c1ccc(-c2ccc(-c4ccnc(-c5ccccn5)c4)cc2)cc1C3(CCCCCCCC)CCCCCCCC. The topological polar surface area (TPSA) is 51.6 Å². The van der Waals surface area contributed by atoms with Gasteiger partial charge in [0.2, 0.25) is 0 Å². The van der Waals surface area contributed by atoms with Gasteiger partial charge in [-0.3, -0.25) is 19.9 Å².